The second kappa shape index (κ2) is 8.35. The minimum absolute atomic E-state index is 0. The predicted octanol–water partition coefficient (Wildman–Crippen LogP) is 4.44. The van der Waals surface area contributed by atoms with Crippen molar-refractivity contribution in [2.24, 2.45) is 0 Å². The topological polar surface area (TPSA) is 11.4 Å². The zero-order chi connectivity index (χ0) is 15.1. The Morgan fingerprint density at radius 2 is 1.83 bits per heavy atom. The van der Waals surface area contributed by atoms with Crippen LogP contribution in [-0.4, -0.2) is 47.6 Å². The van der Waals surface area contributed by atoms with Crippen molar-refractivity contribution in [2.45, 2.75) is 22.5 Å². The summed E-state index contributed by atoms with van der Waals surface area (Å²) in [5.41, 5.74) is 1.38. The van der Waals surface area contributed by atoms with Crippen LogP contribution in [0.5, 0.6) is 0 Å². The summed E-state index contributed by atoms with van der Waals surface area (Å²) in [5, 5.41) is 2.16. The maximum absolute atomic E-state index is 6.30. The van der Waals surface area contributed by atoms with Crippen molar-refractivity contribution < 1.29 is 0 Å². The summed E-state index contributed by atoms with van der Waals surface area (Å²) in [7, 11) is 2.20. The molecule has 1 aromatic carbocycles. The van der Waals surface area contributed by atoms with E-state index >= 15 is 0 Å². The molecule has 132 valence electrons. The summed E-state index contributed by atoms with van der Waals surface area (Å²) < 4.78 is 2.38. The number of hydrogen-bond donors (Lipinski definition) is 0. The molecule has 1 unspecified atom stereocenters. The fraction of sp³-hybridized carbons (Fsp3) is 0.412. The fourth-order valence-corrected chi connectivity index (χ4v) is 4.61. The number of nitrogens with zero attached hydrogens (tertiary/aromatic N) is 3. The molecule has 1 aromatic heterocycles. The van der Waals surface area contributed by atoms with Crippen LogP contribution in [0.4, 0.5) is 0 Å². The van der Waals surface area contributed by atoms with E-state index in [1.807, 2.05) is 17.8 Å². The van der Waals surface area contributed by atoms with E-state index in [9.17, 15) is 0 Å². The van der Waals surface area contributed by atoms with Gasteiger partial charge in [0, 0.05) is 48.8 Å². The van der Waals surface area contributed by atoms with Gasteiger partial charge in [-0.2, -0.15) is 0 Å². The Morgan fingerprint density at radius 3 is 2.58 bits per heavy atom. The summed E-state index contributed by atoms with van der Waals surface area (Å²) in [5.74, 6) is 0. The van der Waals surface area contributed by atoms with Crippen molar-refractivity contribution >= 4 is 48.2 Å². The van der Waals surface area contributed by atoms with Gasteiger partial charge in [0.1, 0.15) is 0 Å². The first-order valence-corrected chi connectivity index (χ1v) is 8.95. The number of aromatic nitrogens is 1. The molecule has 0 aliphatic carbocycles. The van der Waals surface area contributed by atoms with E-state index in [2.05, 4.69) is 51.9 Å². The smallest absolute Gasteiger partial charge is 0.0797 e. The van der Waals surface area contributed by atoms with E-state index in [4.69, 9.17) is 11.6 Å². The van der Waals surface area contributed by atoms with E-state index in [-0.39, 0.29) is 24.8 Å². The van der Waals surface area contributed by atoms with Crippen LogP contribution in [0.25, 0.3) is 0 Å². The molecule has 24 heavy (non-hydrogen) atoms. The van der Waals surface area contributed by atoms with Crippen LogP contribution in [0, 0.1) is 0 Å². The average Bonchev–Trinajstić information content (AvgIpc) is 2.89. The van der Waals surface area contributed by atoms with Gasteiger partial charge in [0.05, 0.1) is 11.1 Å². The van der Waals surface area contributed by atoms with Crippen LogP contribution >= 0.6 is 48.2 Å². The first kappa shape index (κ1) is 20.0. The van der Waals surface area contributed by atoms with E-state index in [1.54, 1.807) is 0 Å². The largest absolute Gasteiger partial charge is 0.341 e. The minimum Gasteiger partial charge on any atom is -0.341 e. The molecule has 7 heteroatoms. The van der Waals surface area contributed by atoms with Gasteiger partial charge >= 0.3 is 0 Å². The Hall–Kier alpha value is -0.360. The molecule has 0 bridgehead atoms. The van der Waals surface area contributed by atoms with Gasteiger partial charge in [-0.1, -0.05) is 23.4 Å². The molecule has 0 spiro atoms. The Morgan fingerprint density at radius 1 is 1.08 bits per heavy atom. The van der Waals surface area contributed by atoms with Crippen LogP contribution in [0.15, 0.2) is 46.5 Å². The molecule has 2 aliphatic heterocycles. The zero-order valence-corrected chi connectivity index (χ0v) is 16.7. The van der Waals surface area contributed by atoms with Crippen LogP contribution in [0.1, 0.15) is 11.6 Å². The predicted molar refractivity (Wildman–Crippen MR) is 106 cm³/mol. The first-order chi connectivity index (χ1) is 10.7. The van der Waals surface area contributed by atoms with E-state index < -0.39 is 0 Å². The van der Waals surface area contributed by atoms with Crippen LogP contribution in [-0.2, 0) is 6.54 Å². The molecule has 4 rings (SSSR count). The van der Waals surface area contributed by atoms with Crippen molar-refractivity contribution in [3.05, 3.63) is 47.1 Å². The van der Waals surface area contributed by atoms with Gasteiger partial charge in [-0.15, -0.1) is 24.8 Å². The summed E-state index contributed by atoms with van der Waals surface area (Å²) in [6.45, 7) is 5.52. The second-order valence-corrected chi connectivity index (χ2v) is 7.64. The molecule has 2 aliphatic rings. The van der Waals surface area contributed by atoms with Gasteiger partial charge in [0.2, 0.25) is 0 Å². The molecule has 1 saturated heterocycles. The molecular formula is C17H22Cl3N3S. The highest BCUT2D eigenvalue weighted by Crippen LogP contribution is 2.41. The first-order valence-electron chi connectivity index (χ1n) is 7.76. The summed E-state index contributed by atoms with van der Waals surface area (Å²) in [6.07, 6.45) is 2.19. The van der Waals surface area contributed by atoms with E-state index in [0.29, 0.717) is 6.04 Å². The number of rotatable bonds is 1. The fourth-order valence-electron chi connectivity index (χ4n) is 3.36. The molecule has 0 radical (unpaired) electrons. The molecule has 0 amide bonds. The van der Waals surface area contributed by atoms with Crippen molar-refractivity contribution in [3.63, 3.8) is 0 Å². The van der Waals surface area contributed by atoms with Crippen LogP contribution in [0.2, 0.25) is 5.02 Å². The van der Waals surface area contributed by atoms with E-state index in [1.165, 1.54) is 15.5 Å². The highest BCUT2D eigenvalue weighted by molar-refractivity contribution is 7.99. The highest BCUT2D eigenvalue weighted by atomic mass is 35.5. The van der Waals surface area contributed by atoms with Crippen molar-refractivity contribution in [3.8, 4) is 0 Å². The van der Waals surface area contributed by atoms with Gasteiger partial charge < -0.3 is 9.47 Å². The standard InChI is InChI=1S/C17H20ClN3S.2ClH/c1-19-7-9-20(10-8-19)15-12-21-6-2-3-17(21)22-16-5-4-13(18)11-14(15)16;;/h2-6,11,15H,7-10,12H2,1H3;2*1H. The summed E-state index contributed by atoms with van der Waals surface area (Å²) in [4.78, 5) is 6.36. The van der Waals surface area contributed by atoms with Crippen LogP contribution in [0.3, 0.4) is 0 Å². The lowest BCUT2D eigenvalue weighted by Gasteiger charge is -2.38. The number of benzene rings is 1. The molecular weight excluding hydrogens is 385 g/mol. The molecule has 0 saturated carbocycles. The average molecular weight is 407 g/mol. The monoisotopic (exact) mass is 405 g/mol. The molecule has 1 atom stereocenters. The number of piperazine rings is 1. The van der Waals surface area contributed by atoms with Gasteiger partial charge in [0.25, 0.3) is 0 Å². The molecule has 1 fully saturated rings. The van der Waals surface area contributed by atoms with Crippen molar-refractivity contribution in [1.82, 2.24) is 14.4 Å². The lowest BCUT2D eigenvalue weighted by Crippen LogP contribution is -2.46. The number of hydrogen-bond acceptors (Lipinski definition) is 3. The van der Waals surface area contributed by atoms with Crippen molar-refractivity contribution in [2.75, 3.05) is 33.2 Å². The molecule has 0 N–H and O–H groups in total. The van der Waals surface area contributed by atoms with Gasteiger partial charge in [-0.25, -0.2) is 0 Å². The molecule has 3 heterocycles. The quantitative estimate of drug-likeness (QED) is 0.694. The highest BCUT2D eigenvalue weighted by Gasteiger charge is 2.29. The lowest BCUT2D eigenvalue weighted by molar-refractivity contribution is 0.100. The van der Waals surface area contributed by atoms with Gasteiger partial charge in [-0.3, -0.25) is 4.90 Å². The summed E-state index contributed by atoms with van der Waals surface area (Å²) in [6, 6.07) is 11.1. The Balaban J connectivity index is 0.00000104. The third kappa shape index (κ3) is 3.90. The van der Waals surface area contributed by atoms with E-state index in [0.717, 1.165) is 37.7 Å². The van der Waals surface area contributed by atoms with Gasteiger partial charge in [0.15, 0.2) is 0 Å². The molecule has 2 aromatic rings. The SMILES string of the molecule is CN1CCN(C2Cn3cccc3Sc3ccc(Cl)cc32)CC1.Cl.Cl. The normalized spacial score (nSPS) is 21.0. The minimum atomic E-state index is 0. The summed E-state index contributed by atoms with van der Waals surface area (Å²) >= 11 is 8.15. The molecule has 3 nitrogen and oxygen atoms in total. The Bertz CT molecular complexity index is 683. The maximum Gasteiger partial charge on any atom is 0.0797 e. The number of fused-ring (bicyclic) bond motifs is 2. The zero-order valence-electron chi connectivity index (χ0n) is 13.5. The number of halogens is 3. The second-order valence-electron chi connectivity index (χ2n) is 6.14. The maximum atomic E-state index is 6.30. The third-order valence-electron chi connectivity index (χ3n) is 4.68. The lowest BCUT2D eigenvalue weighted by atomic mass is 10.0. The van der Waals surface area contributed by atoms with Crippen LogP contribution < -0.4 is 0 Å². The van der Waals surface area contributed by atoms with Crippen molar-refractivity contribution in [1.29, 1.82) is 0 Å². The Labute approximate surface area is 165 Å². The van der Waals surface area contributed by atoms with Gasteiger partial charge in [-0.05, 0) is 42.9 Å². The third-order valence-corrected chi connectivity index (χ3v) is 6.09. The Kier molecular flexibility index (Phi) is 6.94. The number of likely N-dealkylation sites (N-methyl/N-ethyl adjacent to an activating group) is 1.